The first-order valence-corrected chi connectivity index (χ1v) is 19.3. The zero-order valence-corrected chi connectivity index (χ0v) is 28.4. The van der Waals surface area contributed by atoms with Gasteiger partial charge in [-0.15, -0.1) is 0 Å². The third-order valence-electron chi connectivity index (χ3n) is 8.68. The molecule has 0 fully saturated rings. The smallest absolute Gasteiger partial charge is 0.356 e. The molecule has 2 unspecified atom stereocenters. The fourth-order valence-electron chi connectivity index (χ4n) is 5.68. The van der Waals surface area contributed by atoms with E-state index in [-0.39, 0.29) is 12.8 Å². The number of hydrogen-bond donors (Lipinski definition) is 4. The molecule has 0 aliphatic rings. The van der Waals surface area contributed by atoms with Gasteiger partial charge in [0.1, 0.15) is 6.10 Å². The van der Waals surface area contributed by atoms with Gasteiger partial charge in [0, 0.05) is 12.8 Å². The molecule has 0 aliphatic heterocycles. The van der Waals surface area contributed by atoms with Crippen molar-refractivity contribution in [1.82, 2.24) is 0 Å². The average Bonchev–Trinajstić information content (AvgIpc) is 2.96. The number of carbonyl (C=O) groups is 2. The van der Waals surface area contributed by atoms with Crippen LogP contribution in [-0.2, 0) is 14.2 Å². The van der Waals surface area contributed by atoms with Gasteiger partial charge < -0.3 is 20.6 Å². The van der Waals surface area contributed by atoms with Crippen molar-refractivity contribution >= 4 is 19.2 Å². The summed E-state index contributed by atoms with van der Waals surface area (Å²) in [7, 11) is -5.25. The number of Topliss-reactive ketones (excluding diaryl/α,β-unsaturated/α-hetero) is 2. The summed E-state index contributed by atoms with van der Waals surface area (Å²) in [6, 6.07) is 0. The standard InChI is InChI=1S/C34H68NO6P/c1-3-5-7-9-11-13-15-17-19-21-23-25-27-29-31(36)33(38)34(35,42(39,40)41)32(37)30-28-26-24-22-20-18-16-14-12-10-8-6-4-2/h33,38H,3-30,35H2,1-2H3,(H2,39,40,41). The first-order valence-electron chi connectivity index (χ1n) is 17.7. The van der Waals surface area contributed by atoms with Crippen LogP contribution in [0.25, 0.3) is 0 Å². The average molecular weight is 618 g/mol. The number of rotatable bonds is 32. The van der Waals surface area contributed by atoms with Crippen LogP contribution in [0.3, 0.4) is 0 Å². The summed E-state index contributed by atoms with van der Waals surface area (Å²) in [5.41, 5.74) is 5.87. The van der Waals surface area contributed by atoms with Gasteiger partial charge in [0.15, 0.2) is 11.6 Å². The first kappa shape index (κ1) is 41.4. The van der Waals surface area contributed by atoms with E-state index in [1.807, 2.05) is 0 Å². The van der Waals surface area contributed by atoms with E-state index in [0.29, 0.717) is 12.8 Å². The fraction of sp³-hybridized carbons (Fsp3) is 0.941. The number of aliphatic hydroxyl groups is 1. The molecule has 0 saturated heterocycles. The number of unbranched alkanes of at least 4 members (excludes halogenated alkanes) is 24. The molecule has 0 spiro atoms. The van der Waals surface area contributed by atoms with Crippen LogP contribution in [0, 0.1) is 0 Å². The summed E-state index contributed by atoms with van der Waals surface area (Å²) in [6.45, 7) is 4.46. The molecule has 0 heterocycles. The highest BCUT2D eigenvalue weighted by molar-refractivity contribution is 7.55. The monoisotopic (exact) mass is 617 g/mol. The van der Waals surface area contributed by atoms with E-state index in [0.717, 1.165) is 44.9 Å². The Kier molecular flexibility index (Phi) is 26.4. The summed E-state index contributed by atoms with van der Waals surface area (Å²) in [5.74, 6) is -1.69. The van der Waals surface area contributed by atoms with E-state index in [9.17, 15) is 29.0 Å². The summed E-state index contributed by atoms with van der Waals surface area (Å²) >= 11 is 0. The molecular weight excluding hydrogens is 549 g/mol. The van der Waals surface area contributed by atoms with Crippen LogP contribution < -0.4 is 5.73 Å². The predicted octanol–water partition coefficient (Wildman–Crippen LogP) is 9.28. The highest BCUT2D eigenvalue weighted by Crippen LogP contribution is 2.50. The molecule has 0 saturated carbocycles. The highest BCUT2D eigenvalue weighted by Gasteiger charge is 2.57. The molecule has 250 valence electrons. The maximum atomic E-state index is 12.8. The van der Waals surface area contributed by atoms with Crippen molar-refractivity contribution in [3.8, 4) is 0 Å². The van der Waals surface area contributed by atoms with Gasteiger partial charge in [-0.1, -0.05) is 168 Å². The zero-order valence-electron chi connectivity index (χ0n) is 27.5. The Morgan fingerprint density at radius 1 is 0.548 bits per heavy atom. The Balaban J connectivity index is 4.16. The van der Waals surface area contributed by atoms with Gasteiger partial charge in [-0.2, -0.15) is 0 Å². The van der Waals surface area contributed by atoms with Crippen LogP contribution in [0.15, 0.2) is 0 Å². The molecule has 0 amide bonds. The van der Waals surface area contributed by atoms with Gasteiger partial charge in [-0.3, -0.25) is 14.2 Å². The third kappa shape index (κ3) is 19.6. The van der Waals surface area contributed by atoms with Crippen molar-refractivity contribution in [2.24, 2.45) is 5.73 Å². The Morgan fingerprint density at radius 3 is 1.10 bits per heavy atom. The van der Waals surface area contributed by atoms with E-state index in [2.05, 4.69) is 13.8 Å². The number of ketones is 2. The zero-order chi connectivity index (χ0) is 31.5. The van der Waals surface area contributed by atoms with E-state index in [1.54, 1.807) is 0 Å². The van der Waals surface area contributed by atoms with Crippen LogP contribution in [0.2, 0.25) is 0 Å². The molecule has 0 radical (unpaired) electrons. The van der Waals surface area contributed by atoms with Gasteiger partial charge in [0.05, 0.1) is 0 Å². The normalized spacial score (nSPS) is 14.1. The quantitative estimate of drug-likeness (QED) is 0.0436. The lowest BCUT2D eigenvalue weighted by Gasteiger charge is -2.32. The molecule has 0 rings (SSSR count). The largest absolute Gasteiger partial charge is 0.382 e. The van der Waals surface area contributed by atoms with E-state index >= 15 is 0 Å². The minimum Gasteiger partial charge on any atom is -0.382 e. The van der Waals surface area contributed by atoms with Gasteiger partial charge in [0.2, 0.25) is 5.28 Å². The lowest BCUT2D eigenvalue weighted by atomic mass is 9.95. The van der Waals surface area contributed by atoms with E-state index < -0.39 is 30.5 Å². The molecular formula is C34H68NO6P. The Hall–Kier alpha value is -0.590. The Labute approximate surface area is 258 Å². The van der Waals surface area contributed by atoms with Crippen LogP contribution in [0.4, 0.5) is 0 Å². The van der Waals surface area contributed by atoms with Crippen molar-refractivity contribution in [3.05, 3.63) is 0 Å². The van der Waals surface area contributed by atoms with Gasteiger partial charge in [-0.25, -0.2) is 0 Å². The van der Waals surface area contributed by atoms with Gasteiger partial charge in [0.25, 0.3) is 0 Å². The van der Waals surface area contributed by atoms with E-state index in [4.69, 9.17) is 5.73 Å². The SMILES string of the molecule is CCCCCCCCCCCCCCCC(=O)C(O)C(N)(C(=O)CCCCCCCCCCCCCCC)P(=O)(O)O. The van der Waals surface area contributed by atoms with Gasteiger partial charge >= 0.3 is 7.60 Å². The maximum Gasteiger partial charge on any atom is 0.356 e. The lowest BCUT2D eigenvalue weighted by molar-refractivity contribution is -0.136. The number of hydrogen-bond acceptors (Lipinski definition) is 5. The molecule has 7 nitrogen and oxygen atoms in total. The van der Waals surface area contributed by atoms with Crippen LogP contribution in [0.5, 0.6) is 0 Å². The van der Waals surface area contributed by atoms with Crippen molar-refractivity contribution in [2.45, 2.75) is 205 Å². The Bertz CT molecular complexity index is 712. The van der Waals surface area contributed by atoms with Gasteiger partial charge in [-0.05, 0) is 12.8 Å². The second-order valence-corrected chi connectivity index (χ2v) is 14.5. The molecule has 0 aromatic carbocycles. The molecule has 0 aromatic heterocycles. The second-order valence-electron chi connectivity index (χ2n) is 12.6. The number of nitrogens with two attached hydrogens (primary N) is 1. The molecule has 42 heavy (non-hydrogen) atoms. The minimum absolute atomic E-state index is 0.0378. The van der Waals surface area contributed by atoms with Crippen molar-refractivity contribution < 1.29 is 29.0 Å². The molecule has 0 aromatic rings. The summed E-state index contributed by atoms with van der Waals surface area (Å²) < 4.78 is 12.2. The lowest BCUT2D eigenvalue weighted by Crippen LogP contribution is -2.59. The van der Waals surface area contributed by atoms with Crippen molar-refractivity contribution in [2.75, 3.05) is 0 Å². The fourth-order valence-corrected chi connectivity index (χ4v) is 6.58. The Morgan fingerprint density at radius 2 is 0.810 bits per heavy atom. The topological polar surface area (TPSA) is 138 Å². The second kappa shape index (κ2) is 26.8. The van der Waals surface area contributed by atoms with Crippen LogP contribution in [0.1, 0.15) is 194 Å². The minimum atomic E-state index is -5.25. The molecule has 0 aliphatic carbocycles. The van der Waals surface area contributed by atoms with E-state index in [1.165, 1.54) is 109 Å². The first-order chi connectivity index (χ1) is 20.1. The summed E-state index contributed by atoms with van der Waals surface area (Å²) in [4.78, 5) is 45.2. The van der Waals surface area contributed by atoms with Crippen LogP contribution in [-0.4, -0.2) is 37.8 Å². The summed E-state index contributed by atoms with van der Waals surface area (Å²) in [6.07, 6.45) is 27.3. The molecule has 2 atom stereocenters. The number of aliphatic hydroxyl groups excluding tert-OH is 1. The maximum absolute atomic E-state index is 12.8. The molecule has 0 bridgehead atoms. The number of carbonyl (C=O) groups excluding carboxylic acids is 2. The van der Waals surface area contributed by atoms with Crippen molar-refractivity contribution in [3.63, 3.8) is 0 Å². The highest BCUT2D eigenvalue weighted by atomic mass is 31.2. The predicted molar refractivity (Wildman–Crippen MR) is 176 cm³/mol. The van der Waals surface area contributed by atoms with Crippen molar-refractivity contribution in [1.29, 1.82) is 0 Å². The van der Waals surface area contributed by atoms with Crippen LogP contribution >= 0.6 is 7.60 Å². The third-order valence-corrected chi connectivity index (χ3v) is 10.1. The molecule has 5 N–H and O–H groups in total. The molecule has 8 heteroatoms. The summed E-state index contributed by atoms with van der Waals surface area (Å²) in [5, 5.41) is 7.69.